The predicted molar refractivity (Wildman–Crippen MR) is 65.0 cm³/mol. The molecule has 1 heteroatoms. The van der Waals surface area contributed by atoms with E-state index in [1.807, 2.05) is 0 Å². The van der Waals surface area contributed by atoms with Crippen molar-refractivity contribution in [3.8, 4) is 0 Å². The van der Waals surface area contributed by atoms with Gasteiger partial charge in [0.1, 0.15) is 0 Å². The van der Waals surface area contributed by atoms with Crippen LogP contribution in [-0.2, 0) is 6.42 Å². The maximum atomic E-state index is 3.71. The molecule has 0 fully saturated rings. The Hall–Kier alpha value is -0.820. The third-order valence-corrected chi connectivity index (χ3v) is 2.98. The second-order valence-electron chi connectivity index (χ2n) is 5.54. The molecule has 1 nitrogen and oxygen atoms in total. The van der Waals surface area contributed by atoms with Crippen LogP contribution in [0.2, 0.25) is 0 Å². The summed E-state index contributed by atoms with van der Waals surface area (Å²) < 4.78 is 0. The molecule has 1 N–H and O–H groups in total. The molecule has 0 heterocycles. The lowest BCUT2D eigenvalue weighted by atomic mass is 9.86. The Labute approximate surface area is 92.9 Å². The largest absolute Gasteiger partial charge is 0.305 e. The summed E-state index contributed by atoms with van der Waals surface area (Å²) in [6.07, 6.45) is 3.83. The minimum Gasteiger partial charge on any atom is -0.305 e. The number of fused-ring (bicyclic) bond motifs is 1. The SMILES string of the molecule is CC(C)(C)N[C@@H]1CCCc2ccccc21. The van der Waals surface area contributed by atoms with Crippen LogP contribution in [0.4, 0.5) is 0 Å². The highest BCUT2D eigenvalue weighted by Crippen LogP contribution is 2.30. The molecule has 0 bridgehead atoms. The van der Waals surface area contributed by atoms with Crippen LogP contribution in [0.25, 0.3) is 0 Å². The van der Waals surface area contributed by atoms with Crippen molar-refractivity contribution in [1.29, 1.82) is 0 Å². The Morgan fingerprint density at radius 1 is 1.20 bits per heavy atom. The molecule has 0 aromatic heterocycles. The van der Waals surface area contributed by atoms with Gasteiger partial charge in [0.2, 0.25) is 0 Å². The van der Waals surface area contributed by atoms with Crippen molar-refractivity contribution >= 4 is 0 Å². The van der Waals surface area contributed by atoms with Gasteiger partial charge in [-0.15, -0.1) is 0 Å². The maximum absolute atomic E-state index is 3.71. The van der Waals surface area contributed by atoms with Crippen LogP contribution in [0, 0.1) is 0 Å². The zero-order chi connectivity index (χ0) is 10.9. The minimum atomic E-state index is 0.203. The summed E-state index contributed by atoms with van der Waals surface area (Å²) in [4.78, 5) is 0. The van der Waals surface area contributed by atoms with Crippen molar-refractivity contribution in [2.24, 2.45) is 0 Å². The molecule has 0 spiro atoms. The van der Waals surface area contributed by atoms with Crippen LogP contribution in [0.15, 0.2) is 24.3 Å². The highest BCUT2D eigenvalue weighted by atomic mass is 15.0. The van der Waals surface area contributed by atoms with Gasteiger partial charge in [-0.3, -0.25) is 0 Å². The van der Waals surface area contributed by atoms with Gasteiger partial charge in [0.25, 0.3) is 0 Å². The molecule has 0 unspecified atom stereocenters. The van der Waals surface area contributed by atoms with Crippen LogP contribution in [-0.4, -0.2) is 5.54 Å². The van der Waals surface area contributed by atoms with E-state index in [-0.39, 0.29) is 5.54 Å². The van der Waals surface area contributed by atoms with E-state index in [1.165, 1.54) is 30.4 Å². The average molecular weight is 203 g/mol. The van der Waals surface area contributed by atoms with Crippen molar-refractivity contribution in [2.45, 2.75) is 51.6 Å². The predicted octanol–water partition coefficient (Wildman–Crippen LogP) is 3.45. The van der Waals surface area contributed by atoms with Crippen molar-refractivity contribution in [3.63, 3.8) is 0 Å². The Morgan fingerprint density at radius 2 is 1.93 bits per heavy atom. The van der Waals surface area contributed by atoms with Gasteiger partial charge in [0, 0.05) is 11.6 Å². The molecule has 1 aromatic rings. The van der Waals surface area contributed by atoms with Gasteiger partial charge in [0.05, 0.1) is 0 Å². The fraction of sp³-hybridized carbons (Fsp3) is 0.571. The third kappa shape index (κ3) is 2.60. The molecule has 0 aliphatic heterocycles. The Bertz CT molecular complexity index is 335. The van der Waals surface area contributed by atoms with E-state index in [4.69, 9.17) is 0 Å². The normalized spacial score (nSPS) is 21.1. The number of benzene rings is 1. The highest BCUT2D eigenvalue weighted by molar-refractivity contribution is 5.32. The second kappa shape index (κ2) is 3.97. The van der Waals surface area contributed by atoms with Crippen molar-refractivity contribution in [1.82, 2.24) is 5.32 Å². The fourth-order valence-electron chi connectivity index (χ4n) is 2.43. The maximum Gasteiger partial charge on any atom is 0.0327 e. The molecular formula is C14H21N. The van der Waals surface area contributed by atoms with Gasteiger partial charge in [0.15, 0.2) is 0 Å². The smallest absolute Gasteiger partial charge is 0.0327 e. The zero-order valence-electron chi connectivity index (χ0n) is 10.0. The summed E-state index contributed by atoms with van der Waals surface area (Å²) in [7, 11) is 0. The van der Waals surface area contributed by atoms with Crippen LogP contribution in [0.3, 0.4) is 0 Å². The van der Waals surface area contributed by atoms with E-state index in [1.54, 1.807) is 0 Å². The van der Waals surface area contributed by atoms with E-state index >= 15 is 0 Å². The van der Waals surface area contributed by atoms with Crippen molar-refractivity contribution < 1.29 is 0 Å². The molecule has 1 aliphatic rings. The highest BCUT2D eigenvalue weighted by Gasteiger charge is 2.23. The lowest BCUT2D eigenvalue weighted by Crippen LogP contribution is -2.40. The third-order valence-electron chi connectivity index (χ3n) is 2.98. The van der Waals surface area contributed by atoms with E-state index < -0.39 is 0 Å². The zero-order valence-corrected chi connectivity index (χ0v) is 10.0. The topological polar surface area (TPSA) is 12.0 Å². The van der Waals surface area contributed by atoms with Crippen LogP contribution >= 0.6 is 0 Å². The molecule has 82 valence electrons. The molecule has 1 aliphatic carbocycles. The van der Waals surface area contributed by atoms with Gasteiger partial charge < -0.3 is 5.32 Å². The second-order valence-corrected chi connectivity index (χ2v) is 5.54. The number of nitrogens with one attached hydrogen (secondary N) is 1. The van der Waals surface area contributed by atoms with Crippen LogP contribution < -0.4 is 5.32 Å². The summed E-state index contributed by atoms with van der Waals surface area (Å²) in [5, 5.41) is 3.71. The van der Waals surface area contributed by atoms with Gasteiger partial charge in [-0.1, -0.05) is 24.3 Å². The van der Waals surface area contributed by atoms with E-state index in [0.717, 1.165) is 0 Å². The molecule has 0 amide bonds. The first-order chi connectivity index (χ1) is 7.06. The summed E-state index contributed by atoms with van der Waals surface area (Å²) in [6.45, 7) is 6.72. The monoisotopic (exact) mass is 203 g/mol. The standard InChI is InChI=1S/C14H21N/c1-14(2,3)15-13-10-6-8-11-7-4-5-9-12(11)13/h4-5,7,9,13,15H,6,8,10H2,1-3H3/t13-/m1/s1. The van der Waals surface area contributed by atoms with E-state index in [2.05, 4.69) is 50.4 Å². The van der Waals surface area contributed by atoms with E-state index in [0.29, 0.717) is 6.04 Å². The van der Waals surface area contributed by atoms with Crippen LogP contribution in [0.1, 0.15) is 50.8 Å². The van der Waals surface area contributed by atoms with Crippen molar-refractivity contribution in [3.05, 3.63) is 35.4 Å². The molecule has 1 atom stereocenters. The first kappa shape index (κ1) is 10.7. The molecular weight excluding hydrogens is 182 g/mol. The Kier molecular flexibility index (Phi) is 2.83. The molecule has 2 rings (SSSR count). The molecule has 0 saturated carbocycles. The summed E-state index contributed by atoms with van der Waals surface area (Å²) in [6, 6.07) is 9.40. The first-order valence-electron chi connectivity index (χ1n) is 5.92. The fourth-order valence-corrected chi connectivity index (χ4v) is 2.43. The summed E-state index contributed by atoms with van der Waals surface area (Å²) in [5.41, 5.74) is 3.25. The Balaban J connectivity index is 2.22. The summed E-state index contributed by atoms with van der Waals surface area (Å²) >= 11 is 0. The number of rotatable bonds is 1. The minimum absolute atomic E-state index is 0.203. The number of hydrogen-bond donors (Lipinski definition) is 1. The number of aryl methyl sites for hydroxylation is 1. The van der Waals surface area contributed by atoms with Crippen LogP contribution in [0.5, 0.6) is 0 Å². The number of hydrogen-bond acceptors (Lipinski definition) is 1. The first-order valence-corrected chi connectivity index (χ1v) is 5.92. The van der Waals surface area contributed by atoms with E-state index in [9.17, 15) is 0 Å². The molecule has 1 aromatic carbocycles. The van der Waals surface area contributed by atoms with Crippen molar-refractivity contribution in [2.75, 3.05) is 0 Å². The molecule has 15 heavy (non-hydrogen) atoms. The quantitative estimate of drug-likeness (QED) is 0.737. The van der Waals surface area contributed by atoms with Gasteiger partial charge >= 0.3 is 0 Å². The van der Waals surface area contributed by atoms with Gasteiger partial charge in [-0.05, 0) is 51.2 Å². The summed E-state index contributed by atoms with van der Waals surface area (Å²) in [5.74, 6) is 0. The average Bonchev–Trinajstić information content (AvgIpc) is 2.16. The Morgan fingerprint density at radius 3 is 2.67 bits per heavy atom. The lowest BCUT2D eigenvalue weighted by molar-refractivity contribution is 0.336. The van der Waals surface area contributed by atoms with Gasteiger partial charge in [-0.25, -0.2) is 0 Å². The molecule has 0 radical (unpaired) electrons. The lowest BCUT2D eigenvalue weighted by Gasteiger charge is -2.33. The molecule has 0 saturated heterocycles. The van der Waals surface area contributed by atoms with Gasteiger partial charge in [-0.2, -0.15) is 0 Å².